The molecule has 2 rings (SSSR count). The summed E-state index contributed by atoms with van der Waals surface area (Å²) in [7, 11) is 0. The summed E-state index contributed by atoms with van der Waals surface area (Å²) in [5.41, 5.74) is 0.922. The van der Waals surface area contributed by atoms with Gasteiger partial charge >= 0.3 is 0 Å². The molecular weight excluding hydrogens is 325 g/mol. The Morgan fingerprint density at radius 3 is 2.60 bits per heavy atom. The van der Waals surface area contributed by atoms with E-state index >= 15 is 0 Å². The molecule has 0 aliphatic heterocycles. The third-order valence-corrected chi connectivity index (χ3v) is 3.22. The Bertz CT molecular complexity index is 584. The van der Waals surface area contributed by atoms with E-state index in [-0.39, 0.29) is 12.1 Å². The van der Waals surface area contributed by atoms with E-state index in [4.69, 9.17) is 0 Å². The molecule has 20 heavy (non-hydrogen) atoms. The molecule has 5 heteroatoms. The summed E-state index contributed by atoms with van der Waals surface area (Å²) in [6.45, 7) is 0.0664. The van der Waals surface area contributed by atoms with E-state index in [1.165, 1.54) is 12.1 Å². The Hall–Kier alpha value is -1.72. The van der Waals surface area contributed by atoms with Gasteiger partial charge in [-0.2, -0.15) is 0 Å². The van der Waals surface area contributed by atoms with Gasteiger partial charge in [-0.05, 0) is 23.8 Å². The molecule has 0 bridgehead atoms. The average Bonchev–Trinajstić information content (AvgIpc) is 2.44. The van der Waals surface area contributed by atoms with E-state index in [9.17, 15) is 14.3 Å². The van der Waals surface area contributed by atoms with Crippen LogP contribution in [0, 0.1) is 5.82 Å². The fourth-order valence-corrected chi connectivity index (χ4v) is 2.23. The van der Waals surface area contributed by atoms with Crippen molar-refractivity contribution in [2.75, 3.05) is 6.54 Å². The SMILES string of the molecule is O=C(NCC(O)c1ccccc1)c1cc(F)cc(Br)c1. The summed E-state index contributed by atoms with van der Waals surface area (Å²) in [6.07, 6.45) is -0.794. The second-order valence-corrected chi connectivity index (χ2v) is 5.21. The smallest absolute Gasteiger partial charge is 0.251 e. The molecule has 0 aliphatic carbocycles. The molecule has 1 unspecified atom stereocenters. The molecule has 1 atom stereocenters. The van der Waals surface area contributed by atoms with Crippen LogP contribution in [0.3, 0.4) is 0 Å². The minimum absolute atomic E-state index is 0.0664. The summed E-state index contributed by atoms with van der Waals surface area (Å²) in [6, 6.07) is 13.0. The van der Waals surface area contributed by atoms with Gasteiger partial charge in [0.15, 0.2) is 0 Å². The van der Waals surface area contributed by atoms with E-state index < -0.39 is 17.8 Å². The van der Waals surface area contributed by atoms with Crippen molar-refractivity contribution in [2.24, 2.45) is 0 Å². The number of hydrogen-bond donors (Lipinski definition) is 2. The van der Waals surface area contributed by atoms with Crippen molar-refractivity contribution in [3.8, 4) is 0 Å². The van der Waals surface area contributed by atoms with Crippen molar-refractivity contribution in [2.45, 2.75) is 6.10 Å². The van der Waals surface area contributed by atoms with Crippen molar-refractivity contribution >= 4 is 21.8 Å². The lowest BCUT2D eigenvalue weighted by Gasteiger charge is -2.12. The molecule has 0 spiro atoms. The normalized spacial score (nSPS) is 11.9. The Morgan fingerprint density at radius 1 is 1.25 bits per heavy atom. The fourth-order valence-electron chi connectivity index (χ4n) is 1.77. The van der Waals surface area contributed by atoms with Crippen LogP contribution >= 0.6 is 15.9 Å². The Morgan fingerprint density at radius 2 is 1.95 bits per heavy atom. The standard InChI is InChI=1S/C15H13BrFNO2/c16-12-6-11(7-13(17)8-12)15(20)18-9-14(19)10-4-2-1-3-5-10/h1-8,14,19H,9H2,(H,18,20). The van der Waals surface area contributed by atoms with Gasteiger partial charge in [0.25, 0.3) is 5.91 Å². The summed E-state index contributed by atoms with van der Waals surface area (Å²) in [5.74, 6) is -0.923. The highest BCUT2D eigenvalue weighted by Crippen LogP contribution is 2.15. The number of aliphatic hydroxyl groups is 1. The number of carbonyl (C=O) groups is 1. The quantitative estimate of drug-likeness (QED) is 0.900. The maximum Gasteiger partial charge on any atom is 0.251 e. The summed E-state index contributed by atoms with van der Waals surface area (Å²) in [4.78, 5) is 11.9. The second kappa shape index (κ2) is 6.63. The van der Waals surface area contributed by atoms with Gasteiger partial charge in [-0.15, -0.1) is 0 Å². The van der Waals surface area contributed by atoms with Crippen molar-refractivity contribution in [1.82, 2.24) is 5.32 Å². The first-order valence-corrected chi connectivity index (χ1v) is 6.83. The van der Waals surface area contributed by atoms with Gasteiger partial charge in [-0.1, -0.05) is 46.3 Å². The number of rotatable bonds is 4. The molecule has 2 N–H and O–H groups in total. The van der Waals surface area contributed by atoms with Crippen LogP contribution in [0.15, 0.2) is 53.0 Å². The van der Waals surface area contributed by atoms with E-state index in [0.29, 0.717) is 10.0 Å². The number of benzene rings is 2. The Labute approximate surface area is 124 Å². The lowest BCUT2D eigenvalue weighted by atomic mass is 10.1. The third kappa shape index (κ3) is 3.88. The van der Waals surface area contributed by atoms with Gasteiger partial charge in [0.1, 0.15) is 5.82 Å². The van der Waals surface area contributed by atoms with Crippen LogP contribution < -0.4 is 5.32 Å². The van der Waals surface area contributed by atoms with Crippen LogP contribution in [-0.4, -0.2) is 17.6 Å². The molecule has 1 amide bonds. The number of carbonyl (C=O) groups excluding carboxylic acids is 1. The first-order valence-electron chi connectivity index (χ1n) is 6.03. The first-order chi connectivity index (χ1) is 9.56. The predicted octanol–water partition coefficient (Wildman–Crippen LogP) is 3.05. The average molecular weight is 338 g/mol. The number of amides is 1. The van der Waals surface area contributed by atoms with Crippen LogP contribution in [0.4, 0.5) is 4.39 Å². The van der Waals surface area contributed by atoms with E-state index in [0.717, 1.165) is 6.07 Å². The molecule has 0 radical (unpaired) electrons. The number of halogens is 2. The van der Waals surface area contributed by atoms with E-state index in [1.807, 2.05) is 18.2 Å². The molecule has 0 saturated heterocycles. The minimum atomic E-state index is -0.794. The Balaban J connectivity index is 1.98. The van der Waals surface area contributed by atoms with Crippen LogP contribution in [0.5, 0.6) is 0 Å². The van der Waals surface area contributed by atoms with Crippen LogP contribution in [0.25, 0.3) is 0 Å². The summed E-state index contributed by atoms with van der Waals surface area (Å²) >= 11 is 3.13. The van der Waals surface area contributed by atoms with Crippen LogP contribution in [0.2, 0.25) is 0 Å². The van der Waals surface area contributed by atoms with Crippen molar-refractivity contribution in [3.05, 3.63) is 69.9 Å². The molecule has 0 aliphatic rings. The zero-order chi connectivity index (χ0) is 14.5. The molecule has 2 aromatic carbocycles. The number of nitrogens with one attached hydrogen (secondary N) is 1. The highest BCUT2D eigenvalue weighted by atomic mass is 79.9. The molecule has 0 aromatic heterocycles. The molecule has 0 fully saturated rings. The zero-order valence-corrected chi connectivity index (χ0v) is 12.1. The minimum Gasteiger partial charge on any atom is -0.387 e. The second-order valence-electron chi connectivity index (χ2n) is 4.29. The third-order valence-electron chi connectivity index (χ3n) is 2.77. The van der Waals surface area contributed by atoms with Gasteiger partial charge in [-0.25, -0.2) is 4.39 Å². The van der Waals surface area contributed by atoms with E-state index in [2.05, 4.69) is 21.2 Å². The van der Waals surface area contributed by atoms with Gasteiger partial charge < -0.3 is 10.4 Å². The lowest BCUT2D eigenvalue weighted by Crippen LogP contribution is -2.28. The van der Waals surface area contributed by atoms with E-state index in [1.54, 1.807) is 12.1 Å². The first kappa shape index (κ1) is 14.7. The molecule has 0 heterocycles. The van der Waals surface area contributed by atoms with Crippen LogP contribution in [-0.2, 0) is 0 Å². The highest BCUT2D eigenvalue weighted by Gasteiger charge is 2.11. The molecular formula is C15H13BrFNO2. The lowest BCUT2D eigenvalue weighted by molar-refractivity contribution is 0.0916. The Kier molecular flexibility index (Phi) is 4.87. The van der Waals surface area contributed by atoms with Gasteiger partial charge in [0.05, 0.1) is 6.10 Å². The zero-order valence-electron chi connectivity index (χ0n) is 10.5. The maximum atomic E-state index is 13.2. The summed E-state index contributed by atoms with van der Waals surface area (Å²) in [5, 5.41) is 12.5. The van der Waals surface area contributed by atoms with Crippen molar-refractivity contribution in [1.29, 1.82) is 0 Å². The number of aliphatic hydroxyl groups excluding tert-OH is 1. The molecule has 104 valence electrons. The highest BCUT2D eigenvalue weighted by molar-refractivity contribution is 9.10. The van der Waals surface area contributed by atoms with Gasteiger partial charge in [0.2, 0.25) is 0 Å². The topological polar surface area (TPSA) is 49.3 Å². The molecule has 0 saturated carbocycles. The van der Waals surface area contributed by atoms with Gasteiger partial charge in [-0.3, -0.25) is 4.79 Å². The molecule has 2 aromatic rings. The molecule has 3 nitrogen and oxygen atoms in total. The number of hydrogen-bond acceptors (Lipinski definition) is 2. The van der Waals surface area contributed by atoms with Crippen molar-refractivity contribution in [3.63, 3.8) is 0 Å². The van der Waals surface area contributed by atoms with Crippen LogP contribution in [0.1, 0.15) is 22.0 Å². The summed E-state index contributed by atoms with van der Waals surface area (Å²) < 4.78 is 13.7. The maximum absolute atomic E-state index is 13.2. The van der Waals surface area contributed by atoms with Crippen molar-refractivity contribution < 1.29 is 14.3 Å². The fraction of sp³-hybridized carbons (Fsp3) is 0.133. The predicted molar refractivity (Wildman–Crippen MR) is 77.8 cm³/mol. The largest absolute Gasteiger partial charge is 0.387 e. The monoisotopic (exact) mass is 337 g/mol. The van der Waals surface area contributed by atoms with Gasteiger partial charge in [0, 0.05) is 16.6 Å².